The lowest BCUT2D eigenvalue weighted by Crippen LogP contribution is -2.31. The van der Waals surface area contributed by atoms with Gasteiger partial charge in [0, 0.05) is 23.8 Å². The van der Waals surface area contributed by atoms with Gasteiger partial charge in [-0.15, -0.1) is 0 Å². The van der Waals surface area contributed by atoms with Crippen molar-refractivity contribution in [1.82, 2.24) is 9.71 Å². The van der Waals surface area contributed by atoms with Crippen molar-refractivity contribution in [3.8, 4) is 0 Å². The Morgan fingerprint density at radius 3 is 2.50 bits per heavy atom. The molecule has 0 fully saturated rings. The number of rotatable bonds is 8. The summed E-state index contributed by atoms with van der Waals surface area (Å²) < 4.78 is 52.6. The summed E-state index contributed by atoms with van der Waals surface area (Å²) in [4.78, 5) is 13.2. The van der Waals surface area contributed by atoms with Gasteiger partial charge in [-0.25, -0.2) is 26.5 Å². The van der Waals surface area contributed by atoms with Gasteiger partial charge in [-0.1, -0.05) is 17.7 Å². The molecule has 10 nitrogen and oxygen atoms in total. The third-order valence-corrected chi connectivity index (χ3v) is 5.98. The van der Waals surface area contributed by atoms with Crippen molar-refractivity contribution in [2.45, 2.75) is 4.90 Å². The molecule has 140 valence electrons. The first kappa shape index (κ1) is 20.0. The molecule has 26 heavy (non-hydrogen) atoms. The van der Waals surface area contributed by atoms with Crippen molar-refractivity contribution in [3.05, 3.63) is 57.7 Å². The molecule has 0 aliphatic carbocycles. The minimum absolute atomic E-state index is 0.0135. The minimum atomic E-state index is -4.34. The van der Waals surface area contributed by atoms with Crippen LogP contribution in [0, 0.1) is 10.1 Å². The SMILES string of the molecule is O=[N+]([O-])c1ccc(Cl)cc1S(=O)(=O)NCCS(=O)(=O)Nc1ccccn1. The number of halogens is 1. The highest BCUT2D eigenvalue weighted by atomic mass is 35.5. The quantitative estimate of drug-likeness (QED) is 0.483. The van der Waals surface area contributed by atoms with Crippen molar-refractivity contribution >= 4 is 43.2 Å². The lowest BCUT2D eigenvalue weighted by molar-refractivity contribution is -0.387. The zero-order valence-corrected chi connectivity index (χ0v) is 15.4. The molecule has 0 amide bonds. The molecule has 2 N–H and O–H groups in total. The number of pyridine rings is 1. The zero-order valence-electron chi connectivity index (χ0n) is 13.0. The summed E-state index contributed by atoms with van der Waals surface area (Å²) >= 11 is 5.70. The Bertz CT molecular complexity index is 1010. The first-order valence-corrected chi connectivity index (χ1v) is 10.5. The number of hydrogen-bond acceptors (Lipinski definition) is 7. The molecule has 1 aromatic heterocycles. The van der Waals surface area contributed by atoms with E-state index in [1.165, 1.54) is 18.3 Å². The van der Waals surface area contributed by atoms with Crippen LogP contribution in [0.25, 0.3) is 0 Å². The van der Waals surface area contributed by atoms with E-state index in [0.29, 0.717) is 0 Å². The van der Waals surface area contributed by atoms with Gasteiger partial charge in [0.15, 0.2) is 4.90 Å². The fourth-order valence-electron chi connectivity index (χ4n) is 1.88. The van der Waals surface area contributed by atoms with Crippen LogP contribution in [0.2, 0.25) is 5.02 Å². The summed E-state index contributed by atoms with van der Waals surface area (Å²) in [7, 11) is -8.21. The van der Waals surface area contributed by atoms with Crippen LogP contribution >= 0.6 is 11.6 Å². The Hall–Kier alpha value is -2.28. The molecule has 0 spiro atoms. The van der Waals surface area contributed by atoms with Gasteiger partial charge in [-0.2, -0.15) is 0 Å². The summed E-state index contributed by atoms with van der Waals surface area (Å²) in [6.45, 7) is -0.506. The highest BCUT2D eigenvalue weighted by molar-refractivity contribution is 7.92. The van der Waals surface area contributed by atoms with Crippen LogP contribution in [0.3, 0.4) is 0 Å². The van der Waals surface area contributed by atoms with Crippen molar-refractivity contribution in [1.29, 1.82) is 0 Å². The van der Waals surface area contributed by atoms with Crippen LogP contribution in [-0.2, 0) is 20.0 Å². The first-order valence-electron chi connectivity index (χ1n) is 6.96. The second kappa shape index (κ2) is 7.95. The third kappa shape index (κ3) is 5.36. The Morgan fingerprint density at radius 2 is 1.88 bits per heavy atom. The predicted molar refractivity (Wildman–Crippen MR) is 94.9 cm³/mol. The fraction of sp³-hybridized carbons (Fsp3) is 0.154. The second-order valence-corrected chi connectivity index (χ2v) is 8.92. The average Bonchev–Trinajstić information content (AvgIpc) is 2.54. The number of nitro benzene ring substituents is 1. The molecule has 13 heteroatoms. The molecule has 0 aliphatic heterocycles. The van der Waals surface area contributed by atoms with E-state index >= 15 is 0 Å². The van der Waals surface area contributed by atoms with Crippen LogP contribution in [0.15, 0.2) is 47.5 Å². The van der Waals surface area contributed by atoms with Gasteiger partial charge in [0.05, 0.1) is 10.7 Å². The molecular formula is C13H13ClN4O6S2. The lowest BCUT2D eigenvalue weighted by atomic mass is 10.3. The maximum atomic E-state index is 12.3. The monoisotopic (exact) mass is 420 g/mol. The van der Waals surface area contributed by atoms with Gasteiger partial charge in [0.2, 0.25) is 20.0 Å². The van der Waals surface area contributed by atoms with Crippen LogP contribution in [0.1, 0.15) is 0 Å². The van der Waals surface area contributed by atoms with Gasteiger partial charge < -0.3 is 0 Å². The molecule has 0 saturated heterocycles. The number of hydrogen-bond donors (Lipinski definition) is 2. The van der Waals surface area contributed by atoms with E-state index in [1.807, 2.05) is 4.72 Å². The van der Waals surface area contributed by atoms with Crippen molar-refractivity contribution < 1.29 is 21.8 Å². The topological polar surface area (TPSA) is 148 Å². The van der Waals surface area contributed by atoms with Crippen LogP contribution in [-0.4, -0.2) is 39.0 Å². The van der Waals surface area contributed by atoms with Gasteiger partial charge in [-0.05, 0) is 24.3 Å². The van der Waals surface area contributed by atoms with E-state index in [-0.39, 0.29) is 10.8 Å². The number of nitrogens with zero attached hydrogens (tertiary/aromatic N) is 2. The number of anilines is 1. The van der Waals surface area contributed by atoms with Crippen LogP contribution in [0.4, 0.5) is 11.5 Å². The van der Waals surface area contributed by atoms with Crippen LogP contribution < -0.4 is 9.44 Å². The summed E-state index contributed by atoms with van der Waals surface area (Å²) in [6, 6.07) is 7.66. The molecule has 1 aromatic carbocycles. The first-order chi connectivity index (χ1) is 12.1. The van der Waals surface area contributed by atoms with Gasteiger partial charge in [-0.3, -0.25) is 14.8 Å². The van der Waals surface area contributed by atoms with Crippen LogP contribution in [0.5, 0.6) is 0 Å². The normalized spacial score (nSPS) is 11.9. The molecular weight excluding hydrogens is 408 g/mol. The van der Waals surface area contributed by atoms with E-state index in [9.17, 15) is 26.9 Å². The maximum Gasteiger partial charge on any atom is 0.289 e. The molecule has 0 atom stereocenters. The second-order valence-electron chi connectivity index (χ2n) is 4.90. The van der Waals surface area contributed by atoms with E-state index in [1.54, 1.807) is 12.1 Å². The number of nitrogens with one attached hydrogen (secondary N) is 2. The fourth-order valence-corrected chi connectivity index (χ4v) is 4.38. The van der Waals surface area contributed by atoms with Crippen molar-refractivity contribution in [2.24, 2.45) is 0 Å². The molecule has 0 saturated carbocycles. The smallest absolute Gasteiger partial charge is 0.267 e. The van der Waals surface area contributed by atoms with E-state index in [4.69, 9.17) is 11.6 Å². The predicted octanol–water partition coefficient (Wildman–Crippen LogP) is 1.36. The molecule has 0 bridgehead atoms. The standard InChI is InChI=1S/C13H13ClN4O6S2/c14-10-4-5-11(18(19)20)12(9-10)26(23,24)16-7-8-25(21,22)17-13-3-1-2-6-15-13/h1-6,9,16H,7-8H2,(H,15,17). The van der Waals surface area contributed by atoms with E-state index < -0.39 is 47.9 Å². The van der Waals surface area contributed by atoms with Gasteiger partial charge in [0.25, 0.3) is 5.69 Å². The highest BCUT2D eigenvalue weighted by Gasteiger charge is 2.26. The summed E-state index contributed by atoms with van der Waals surface area (Å²) in [5.74, 6) is -0.516. The van der Waals surface area contributed by atoms with E-state index in [2.05, 4.69) is 9.71 Å². The minimum Gasteiger partial charge on any atom is -0.267 e. The third-order valence-electron chi connectivity index (χ3n) is 3.00. The largest absolute Gasteiger partial charge is 0.289 e. The van der Waals surface area contributed by atoms with Gasteiger partial charge >= 0.3 is 0 Å². The zero-order chi connectivity index (χ0) is 19.4. The van der Waals surface area contributed by atoms with E-state index in [0.717, 1.165) is 12.1 Å². The Morgan fingerprint density at radius 1 is 1.15 bits per heavy atom. The van der Waals surface area contributed by atoms with Crippen molar-refractivity contribution in [2.75, 3.05) is 17.0 Å². The summed E-state index contributed by atoms with van der Waals surface area (Å²) in [5.41, 5.74) is -0.670. The highest BCUT2D eigenvalue weighted by Crippen LogP contribution is 2.26. The number of aromatic nitrogens is 1. The number of nitro groups is 1. The molecule has 0 radical (unpaired) electrons. The van der Waals surface area contributed by atoms with Gasteiger partial charge in [0.1, 0.15) is 5.82 Å². The maximum absolute atomic E-state index is 12.3. The average molecular weight is 421 g/mol. The number of sulfonamides is 2. The summed E-state index contributed by atoms with van der Waals surface area (Å²) in [6.07, 6.45) is 1.39. The molecule has 0 unspecified atom stereocenters. The molecule has 2 rings (SSSR count). The molecule has 2 aromatic rings. The molecule has 1 heterocycles. The Balaban J connectivity index is 2.09. The van der Waals surface area contributed by atoms with Crippen molar-refractivity contribution in [3.63, 3.8) is 0 Å². The lowest BCUT2D eigenvalue weighted by Gasteiger charge is -2.09. The summed E-state index contributed by atoms with van der Waals surface area (Å²) in [5, 5.41) is 11.0. The molecule has 0 aliphatic rings. The Kier molecular flexibility index (Phi) is 6.13. The number of benzene rings is 1. The Labute approximate surface area is 154 Å².